The fraction of sp³-hybridized carbons (Fsp3) is 0.250. The van der Waals surface area contributed by atoms with Crippen molar-refractivity contribution < 1.29 is 19.1 Å². The summed E-state index contributed by atoms with van der Waals surface area (Å²) in [7, 11) is 3.09. The first-order valence-corrected chi connectivity index (χ1v) is 8.50. The number of methoxy groups -OCH3 is 1. The highest BCUT2D eigenvalue weighted by Crippen LogP contribution is 2.27. The molecule has 0 radical (unpaired) electrons. The van der Waals surface area contributed by atoms with Crippen LogP contribution in [-0.2, 0) is 9.59 Å². The van der Waals surface area contributed by atoms with Gasteiger partial charge in [-0.05, 0) is 36.8 Å². The van der Waals surface area contributed by atoms with E-state index in [4.69, 9.17) is 4.74 Å². The molecule has 0 fully saturated rings. The van der Waals surface area contributed by atoms with Gasteiger partial charge in [-0.2, -0.15) is 0 Å². The molecule has 3 amide bonds. The molecule has 2 aromatic rings. The highest BCUT2D eigenvalue weighted by Gasteiger charge is 2.30. The minimum absolute atomic E-state index is 0.0887. The molecular weight excluding hydrogens is 346 g/mol. The van der Waals surface area contributed by atoms with Crippen LogP contribution in [0.4, 0.5) is 11.4 Å². The van der Waals surface area contributed by atoms with Crippen LogP contribution >= 0.6 is 0 Å². The van der Waals surface area contributed by atoms with Crippen LogP contribution in [0.25, 0.3) is 0 Å². The molecule has 0 saturated carbocycles. The standard InChI is InChI=1S/C20H21N3O4/c1-13-8-9-17(27-3)15(10-13)21-18(24)11-23-16-7-5-4-6-14(16)20(26)22(2)12-19(23)25/h4-10H,11-12H2,1-3H3,(H,21,24). The number of aryl methyl sites for hydroxylation is 1. The van der Waals surface area contributed by atoms with E-state index in [1.165, 1.54) is 16.9 Å². The Kier molecular flexibility index (Phi) is 5.12. The zero-order valence-corrected chi connectivity index (χ0v) is 15.5. The van der Waals surface area contributed by atoms with Crippen LogP contribution in [0.3, 0.4) is 0 Å². The maximum absolute atomic E-state index is 12.6. The van der Waals surface area contributed by atoms with Gasteiger partial charge in [0, 0.05) is 7.05 Å². The van der Waals surface area contributed by atoms with Gasteiger partial charge < -0.3 is 19.9 Å². The van der Waals surface area contributed by atoms with Crippen molar-refractivity contribution in [3.05, 3.63) is 53.6 Å². The van der Waals surface area contributed by atoms with Gasteiger partial charge in [0.05, 0.1) is 24.0 Å². The Hall–Kier alpha value is -3.35. The van der Waals surface area contributed by atoms with E-state index < -0.39 is 0 Å². The number of hydrogen-bond donors (Lipinski definition) is 1. The van der Waals surface area contributed by atoms with E-state index in [9.17, 15) is 14.4 Å². The molecule has 0 unspecified atom stereocenters. The quantitative estimate of drug-likeness (QED) is 0.897. The Morgan fingerprint density at radius 1 is 1.19 bits per heavy atom. The fourth-order valence-electron chi connectivity index (χ4n) is 3.02. The van der Waals surface area contributed by atoms with E-state index >= 15 is 0 Å². The normalized spacial score (nSPS) is 13.9. The van der Waals surface area contributed by atoms with Gasteiger partial charge in [0.25, 0.3) is 5.91 Å². The van der Waals surface area contributed by atoms with Crippen LogP contribution in [0, 0.1) is 6.92 Å². The zero-order valence-electron chi connectivity index (χ0n) is 15.5. The minimum atomic E-state index is -0.376. The maximum Gasteiger partial charge on any atom is 0.256 e. The summed E-state index contributed by atoms with van der Waals surface area (Å²) >= 11 is 0. The number of amides is 3. The molecular formula is C20H21N3O4. The van der Waals surface area contributed by atoms with Crippen LogP contribution < -0.4 is 15.0 Å². The Morgan fingerprint density at radius 2 is 1.93 bits per heavy atom. The number of nitrogens with one attached hydrogen (secondary N) is 1. The van der Waals surface area contributed by atoms with Gasteiger partial charge in [-0.25, -0.2) is 0 Å². The largest absolute Gasteiger partial charge is 0.495 e. The molecule has 0 saturated heterocycles. The van der Waals surface area contributed by atoms with Crippen molar-refractivity contribution in [3.8, 4) is 5.75 Å². The van der Waals surface area contributed by atoms with Crippen LogP contribution in [0.1, 0.15) is 15.9 Å². The second-order valence-electron chi connectivity index (χ2n) is 6.41. The van der Waals surface area contributed by atoms with E-state index in [1.807, 2.05) is 13.0 Å². The Morgan fingerprint density at radius 3 is 2.67 bits per heavy atom. The molecule has 0 aromatic heterocycles. The number of rotatable bonds is 4. The molecule has 0 atom stereocenters. The molecule has 0 spiro atoms. The molecule has 0 aliphatic carbocycles. The molecule has 7 heteroatoms. The molecule has 1 aliphatic heterocycles. The molecule has 1 aliphatic rings. The molecule has 2 aromatic carbocycles. The lowest BCUT2D eigenvalue weighted by atomic mass is 10.1. The number of anilines is 2. The first-order chi connectivity index (χ1) is 12.9. The van der Waals surface area contributed by atoms with Gasteiger partial charge >= 0.3 is 0 Å². The maximum atomic E-state index is 12.6. The average Bonchev–Trinajstić information content (AvgIpc) is 2.73. The summed E-state index contributed by atoms with van der Waals surface area (Å²) < 4.78 is 5.27. The number of nitrogens with zero attached hydrogens (tertiary/aromatic N) is 2. The van der Waals surface area contributed by atoms with Gasteiger partial charge in [0.1, 0.15) is 18.8 Å². The van der Waals surface area contributed by atoms with Crippen molar-refractivity contribution >= 4 is 29.1 Å². The molecule has 140 valence electrons. The second-order valence-corrected chi connectivity index (χ2v) is 6.41. The second kappa shape index (κ2) is 7.49. The molecule has 1 heterocycles. The summed E-state index contributed by atoms with van der Waals surface area (Å²) in [6.45, 7) is 1.62. The van der Waals surface area contributed by atoms with E-state index in [1.54, 1.807) is 43.4 Å². The van der Waals surface area contributed by atoms with Gasteiger partial charge in [-0.3, -0.25) is 14.4 Å². The third kappa shape index (κ3) is 3.76. The average molecular weight is 367 g/mol. The molecule has 3 rings (SSSR count). The number of carbonyl (C=O) groups excluding carboxylic acids is 3. The Labute approximate surface area is 157 Å². The van der Waals surface area contributed by atoms with Crippen LogP contribution in [0.5, 0.6) is 5.75 Å². The van der Waals surface area contributed by atoms with Crippen LogP contribution in [0.2, 0.25) is 0 Å². The summed E-state index contributed by atoms with van der Waals surface area (Å²) in [5, 5.41) is 2.79. The van der Waals surface area contributed by atoms with Crippen molar-refractivity contribution in [1.82, 2.24) is 4.90 Å². The van der Waals surface area contributed by atoms with Gasteiger partial charge in [0.2, 0.25) is 11.8 Å². The Balaban J connectivity index is 1.87. The molecule has 27 heavy (non-hydrogen) atoms. The van der Waals surface area contributed by atoms with Gasteiger partial charge in [-0.15, -0.1) is 0 Å². The number of benzene rings is 2. The number of likely N-dealkylation sites (N-methyl/N-ethyl adjacent to an activating group) is 1. The third-order valence-electron chi connectivity index (χ3n) is 4.38. The molecule has 0 bridgehead atoms. The first-order valence-electron chi connectivity index (χ1n) is 8.50. The van der Waals surface area contributed by atoms with Crippen LogP contribution in [0.15, 0.2) is 42.5 Å². The molecule has 7 nitrogen and oxygen atoms in total. The summed E-state index contributed by atoms with van der Waals surface area (Å²) in [6.07, 6.45) is 0. The van der Waals surface area contributed by atoms with E-state index in [2.05, 4.69) is 5.32 Å². The monoisotopic (exact) mass is 367 g/mol. The van der Waals surface area contributed by atoms with Gasteiger partial charge in [0.15, 0.2) is 0 Å². The van der Waals surface area contributed by atoms with Crippen molar-refractivity contribution in [2.24, 2.45) is 0 Å². The number of hydrogen-bond acceptors (Lipinski definition) is 4. The summed E-state index contributed by atoms with van der Waals surface area (Å²) in [5.41, 5.74) is 2.33. The predicted octanol–water partition coefficient (Wildman–Crippen LogP) is 2.06. The number of fused-ring (bicyclic) bond motifs is 1. The summed E-state index contributed by atoms with van der Waals surface area (Å²) in [6, 6.07) is 12.2. The first kappa shape index (κ1) is 18.4. The highest BCUT2D eigenvalue weighted by atomic mass is 16.5. The lowest BCUT2D eigenvalue weighted by Gasteiger charge is -2.22. The Bertz CT molecular complexity index is 910. The van der Waals surface area contributed by atoms with E-state index in [-0.39, 0.29) is 30.8 Å². The molecule has 1 N–H and O–H groups in total. The lowest BCUT2D eigenvalue weighted by molar-refractivity contribution is -0.121. The number of ether oxygens (including phenoxy) is 1. The third-order valence-corrected chi connectivity index (χ3v) is 4.38. The topological polar surface area (TPSA) is 79.0 Å². The SMILES string of the molecule is COc1ccc(C)cc1NC(=O)CN1C(=O)CN(C)C(=O)c2ccccc21. The van der Waals surface area contributed by atoms with Crippen molar-refractivity contribution in [2.75, 3.05) is 37.5 Å². The highest BCUT2D eigenvalue weighted by molar-refractivity contribution is 6.12. The van der Waals surface area contributed by atoms with E-state index in [0.717, 1.165) is 5.56 Å². The number of carbonyl (C=O) groups is 3. The summed E-state index contributed by atoms with van der Waals surface area (Å²) in [5.74, 6) is -0.408. The lowest BCUT2D eigenvalue weighted by Crippen LogP contribution is -2.41. The zero-order chi connectivity index (χ0) is 19.6. The summed E-state index contributed by atoms with van der Waals surface area (Å²) in [4.78, 5) is 40.4. The minimum Gasteiger partial charge on any atom is -0.495 e. The predicted molar refractivity (Wildman–Crippen MR) is 102 cm³/mol. The van der Waals surface area contributed by atoms with Crippen molar-refractivity contribution in [3.63, 3.8) is 0 Å². The van der Waals surface area contributed by atoms with E-state index in [0.29, 0.717) is 22.7 Å². The smallest absolute Gasteiger partial charge is 0.256 e. The fourth-order valence-corrected chi connectivity index (χ4v) is 3.02. The van der Waals surface area contributed by atoms with Gasteiger partial charge in [-0.1, -0.05) is 18.2 Å². The number of para-hydroxylation sites is 1. The van der Waals surface area contributed by atoms with Crippen molar-refractivity contribution in [1.29, 1.82) is 0 Å². The van der Waals surface area contributed by atoms with Crippen LogP contribution in [-0.4, -0.2) is 49.9 Å². The van der Waals surface area contributed by atoms with Crippen molar-refractivity contribution in [2.45, 2.75) is 6.92 Å².